The van der Waals surface area contributed by atoms with Gasteiger partial charge in [0.2, 0.25) is 5.91 Å². The van der Waals surface area contributed by atoms with Gasteiger partial charge in [0.1, 0.15) is 11.6 Å². The first kappa shape index (κ1) is 21.7. The summed E-state index contributed by atoms with van der Waals surface area (Å²) in [5.41, 5.74) is 6.92. The quantitative estimate of drug-likeness (QED) is 0.309. The highest BCUT2D eigenvalue weighted by atomic mass is 127. The van der Waals surface area contributed by atoms with E-state index in [4.69, 9.17) is 5.73 Å². The SMILES string of the molecule is CCC(/C=C(\I)CC(N)C(=O)N[C@@]12CCCC1C2[NH+]([O-])O)Cc1ccccc1. The van der Waals surface area contributed by atoms with Crippen LogP contribution < -0.4 is 16.3 Å². The van der Waals surface area contributed by atoms with Gasteiger partial charge in [-0.05, 0) is 63.3 Å². The van der Waals surface area contributed by atoms with E-state index in [2.05, 4.69) is 65.2 Å². The number of amides is 1. The van der Waals surface area contributed by atoms with E-state index in [1.165, 1.54) is 5.56 Å². The van der Waals surface area contributed by atoms with Gasteiger partial charge in [0.25, 0.3) is 0 Å². The molecule has 1 amide bonds. The van der Waals surface area contributed by atoms with Crippen LogP contribution in [0.15, 0.2) is 40.0 Å². The number of nitrogens with one attached hydrogen (secondary N) is 2. The molecule has 6 atom stereocenters. The second kappa shape index (κ2) is 9.21. The summed E-state index contributed by atoms with van der Waals surface area (Å²) in [5.74, 6) is 0.252. The number of fused-ring (bicyclic) bond motifs is 1. The summed E-state index contributed by atoms with van der Waals surface area (Å²) in [6, 6.07) is 9.29. The number of hydrogen-bond acceptors (Lipinski definition) is 4. The molecule has 7 heteroatoms. The van der Waals surface area contributed by atoms with Crippen LogP contribution in [0, 0.1) is 17.0 Å². The molecule has 0 aromatic heterocycles. The predicted molar refractivity (Wildman–Crippen MR) is 117 cm³/mol. The summed E-state index contributed by atoms with van der Waals surface area (Å²) >= 11 is 2.27. The Hall–Kier alpha value is -1.00. The van der Waals surface area contributed by atoms with Crippen molar-refractivity contribution in [1.82, 2.24) is 5.32 Å². The van der Waals surface area contributed by atoms with Crippen LogP contribution >= 0.6 is 22.6 Å². The Balaban J connectivity index is 1.55. The van der Waals surface area contributed by atoms with Crippen molar-refractivity contribution in [3.63, 3.8) is 0 Å². The Kier molecular flexibility index (Phi) is 7.14. The normalized spacial score (nSPS) is 29.7. The number of quaternary nitrogens is 1. The lowest BCUT2D eigenvalue weighted by atomic mass is 9.96. The van der Waals surface area contributed by atoms with Gasteiger partial charge in [-0.1, -0.05) is 49.8 Å². The molecule has 0 heterocycles. The lowest BCUT2D eigenvalue weighted by Gasteiger charge is -2.22. The van der Waals surface area contributed by atoms with E-state index in [1.54, 1.807) is 0 Å². The molecule has 5 N–H and O–H groups in total. The number of allylic oxidation sites excluding steroid dienone is 1. The molecule has 1 aromatic carbocycles. The minimum absolute atomic E-state index is 0.0751. The Labute approximate surface area is 180 Å². The molecule has 2 fully saturated rings. The van der Waals surface area contributed by atoms with E-state index in [9.17, 15) is 15.2 Å². The highest BCUT2D eigenvalue weighted by Crippen LogP contribution is 2.54. The molecule has 0 radical (unpaired) electrons. The zero-order valence-electron chi connectivity index (χ0n) is 16.2. The van der Waals surface area contributed by atoms with Gasteiger partial charge in [-0.25, -0.2) is 10.4 Å². The van der Waals surface area contributed by atoms with Gasteiger partial charge < -0.3 is 16.3 Å². The maximum absolute atomic E-state index is 12.6. The summed E-state index contributed by atoms with van der Waals surface area (Å²) in [6.07, 6.45) is 7.28. The number of carbonyl (C=O) groups excluding carboxylic acids is 1. The molecule has 2 aliphatic carbocycles. The fourth-order valence-electron chi connectivity index (χ4n) is 4.71. The number of benzene rings is 1. The molecule has 5 unspecified atom stereocenters. The molecular weight excluding hydrogens is 469 g/mol. The lowest BCUT2D eigenvalue weighted by molar-refractivity contribution is -1.06. The van der Waals surface area contributed by atoms with Crippen LogP contribution in [0.25, 0.3) is 0 Å². The zero-order chi connectivity index (χ0) is 20.3. The lowest BCUT2D eigenvalue weighted by Crippen LogP contribution is -3.07. The fourth-order valence-corrected chi connectivity index (χ4v) is 5.69. The van der Waals surface area contributed by atoms with Crippen molar-refractivity contribution in [3.05, 3.63) is 50.8 Å². The first-order valence-electron chi connectivity index (χ1n) is 10.1. The number of carbonyl (C=O) groups is 1. The molecule has 3 rings (SSSR count). The van der Waals surface area contributed by atoms with Gasteiger partial charge >= 0.3 is 0 Å². The molecule has 0 saturated heterocycles. The number of hydroxylamine groups is 2. The Morgan fingerprint density at radius 1 is 1.50 bits per heavy atom. The summed E-state index contributed by atoms with van der Waals surface area (Å²) in [6.45, 7) is 2.17. The highest BCUT2D eigenvalue weighted by Gasteiger charge is 2.73. The first-order chi connectivity index (χ1) is 13.4. The van der Waals surface area contributed by atoms with E-state index in [0.717, 1.165) is 35.7 Å². The average molecular weight is 499 g/mol. The third kappa shape index (κ3) is 4.76. The Bertz CT molecular complexity index is 712. The molecule has 28 heavy (non-hydrogen) atoms. The predicted octanol–water partition coefficient (Wildman–Crippen LogP) is 2.10. The van der Waals surface area contributed by atoms with E-state index < -0.39 is 22.8 Å². The average Bonchev–Trinajstić information content (AvgIpc) is 3.09. The largest absolute Gasteiger partial charge is 0.600 e. The molecular formula is C21H30IN3O3. The van der Waals surface area contributed by atoms with Crippen LogP contribution in [-0.4, -0.2) is 28.7 Å². The smallest absolute Gasteiger partial charge is 0.237 e. The molecule has 0 spiro atoms. The maximum Gasteiger partial charge on any atom is 0.237 e. The number of halogens is 1. The van der Waals surface area contributed by atoms with Crippen LogP contribution in [0.5, 0.6) is 0 Å². The van der Waals surface area contributed by atoms with Crippen molar-refractivity contribution in [1.29, 1.82) is 0 Å². The van der Waals surface area contributed by atoms with E-state index in [-0.39, 0.29) is 11.8 Å². The number of hydrogen-bond donors (Lipinski definition) is 4. The van der Waals surface area contributed by atoms with Crippen LogP contribution in [0.2, 0.25) is 0 Å². The zero-order valence-corrected chi connectivity index (χ0v) is 18.4. The third-order valence-corrected chi connectivity index (χ3v) is 7.07. The Morgan fingerprint density at radius 2 is 2.21 bits per heavy atom. The summed E-state index contributed by atoms with van der Waals surface area (Å²) in [7, 11) is 0. The van der Waals surface area contributed by atoms with Crippen molar-refractivity contribution in [2.75, 3.05) is 0 Å². The van der Waals surface area contributed by atoms with Crippen molar-refractivity contribution in [2.24, 2.45) is 17.6 Å². The van der Waals surface area contributed by atoms with Crippen molar-refractivity contribution in [3.8, 4) is 0 Å². The van der Waals surface area contributed by atoms with Crippen molar-refractivity contribution < 1.29 is 15.2 Å². The van der Waals surface area contributed by atoms with Crippen LogP contribution in [-0.2, 0) is 11.2 Å². The molecule has 2 saturated carbocycles. The van der Waals surface area contributed by atoms with Crippen LogP contribution in [0.1, 0.15) is 44.6 Å². The van der Waals surface area contributed by atoms with Crippen LogP contribution in [0.3, 0.4) is 0 Å². The van der Waals surface area contributed by atoms with E-state index in [1.807, 2.05) is 6.07 Å². The van der Waals surface area contributed by atoms with Gasteiger partial charge in [-0.15, -0.1) is 0 Å². The highest BCUT2D eigenvalue weighted by molar-refractivity contribution is 14.1. The third-order valence-electron chi connectivity index (χ3n) is 6.27. The monoisotopic (exact) mass is 499 g/mol. The summed E-state index contributed by atoms with van der Waals surface area (Å²) < 4.78 is 1.08. The van der Waals surface area contributed by atoms with Crippen LogP contribution in [0.4, 0.5) is 0 Å². The second-order valence-corrected chi connectivity index (χ2v) is 9.51. The molecule has 1 aromatic rings. The summed E-state index contributed by atoms with van der Waals surface area (Å²) in [4.78, 5) is 12.6. The van der Waals surface area contributed by atoms with E-state index >= 15 is 0 Å². The van der Waals surface area contributed by atoms with Gasteiger partial charge in [-0.3, -0.25) is 4.79 Å². The number of rotatable bonds is 9. The van der Waals surface area contributed by atoms with Crippen molar-refractivity contribution >= 4 is 28.5 Å². The Morgan fingerprint density at radius 3 is 2.82 bits per heavy atom. The standard InChI is InChI=1S/C21H30IN3O3/c1-2-14(11-15-7-4-3-5-8-15)12-16(22)13-18(23)20(26)24-21-10-6-9-17(21)19(21)25(27)28/h3-5,7-8,12,14,17-19,25,27H,2,6,9-11,13,23H2,1H3,(H,24,26)/b16-12-/t14?,17?,18?,19?,21-/m0/s1. The maximum atomic E-state index is 12.6. The van der Waals surface area contributed by atoms with E-state index in [0.29, 0.717) is 12.3 Å². The minimum atomic E-state index is -0.806. The summed E-state index contributed by atoms with van der Waals surface area (Å²) in [5, 5.41) is 23.0. The van der Waals surface area contributed by atoms with Gasteiger partial charge in [0.15, 0.2) is 0 Å². The first-order valence-corrected chi connectivity index (χ1v) is 11.2. The number of nitrogens with two attached hydrogens (primary N) is 1. The molecule has 0 aliphatic heterocycles. The topological polar surface area (TPSA) is 103 Å². The molecule has 0 bridgehead atoms. The fraction of sp³-hybridized carbons (Fsp3) is 0.571. The molecule has 6 nitrogen and oxygen atoms in total. The molecule has 2 aliphatic rings. The molecule has 154 valence electrons. The van der Waals surface area contributed by atoms with Gasteiger partial charge in [0, 0.05) is 12.3 Å². The van der Waals surface area contributed by atoms with Gasteiger partial charge in [-0.2, -0.15) is 0 Å². The van der Waals surface area contributed by atoms with Crippen molar-refractivity contribution in [2.45, 2.75) is 63.1 Å². The van der Waals surface area contributed by atoms with Gasteiger partial charge in [0.05, 0.1) is 6.04 Å². The minimum Gasteiger partial charge on any atom is -0.600 e. The second-order valence-electron chi connectivity index (χ2n) is 8.13.